The Balaban J connectivity index is 1.27. The molecule has 0 saturated carbocycles. The van der Waals surface area contributed by atoms with Crippen molar-refractivity contribution in [1.82, 2.24) is 0 Å². The van der Waals surface area contributed by atoms with Gasteiger partial charge in [-0.15, -0.1) is 17.3 Å². The Kier molecular flexibility index (Phi) is 8.12. The van der Waals surface area contributed by atoms with E-state index in [4.69, 9.17) is 14.7 Å². The number of fused-ring (bicyclic) bond motifs is 1. The summed E-state index contributed by atoms with van der Waals surface area (Å²) in [5, 5.41) is 12.5. The highest BCUT2D eigenvalue weighted by Crippen LogP contribution is 2.58. The van der Waals surface area contributed by atoms with Crippen molar-refractivity contribution < 1.29 is 18.6 Å². The van der Waals surface area contributed by atoms with Gasteiger partial charge in [0, 0.05) is 32.6 Å². The maximum atomic E-state index is 9.75. The molecule has 5 rings (SSSR count). The van der Waals surface area contributed by atoms with Crippen LogP contribution in [0.5, 0.6) is 11.5 Å². The lowest BCUT2D eigenvalue weighted by atomic mass is 9.96. The summed E-state index contributed by atoms with van der Waals surface area (Å²) in [4.78, 5) is 0. The molecule has 2 heterocycles. The first-order chi connectivity index (χ1) is 19.2. The fourth-order valence-electron chi connectivity index (χ4n) is 5.30. The van der Waals surface area contributed by atoms with Gasteiger partial charge in [0.2, 0.25) is 0 Å². The van der Waals surface area contributed by atoms with E-state index in [0.29, 0.717) is 31.1 Å². The zero-order chi connectivity index (χ0) is 28.3. The molecule has 3 aromatic carbocycles. The van der Waals surface area contributed by atoms with E-state index in [2.05, 4.69) is 60.5 Å². The van der Waals surface area contributed by atoms with Crippen molar-refractivity contribution in [2.24, 2.45) is 5.41 Å². The molecule has 0 amide bonds. The van der Waals surface area contributed by atoms with Crippen LogP contribution in [0.3, 0.4) is 0 Å². The summed E-state index contributed by atoms with van der Waals surface area (Å²) in [5.41, 5.74) is 5.42. The maximum Gasteiger partial charge on any atom is 0.119 e. The fraction of sp³-hybridized carbons (Fsp3) is 0.303. The van der Waals surface area contributed by atoms with E-state index in [1.807, 2.05) is 37.3 Å². The average Bonchev–Trinajstić information content (AvgIpc) is 3.33. The molecule has 0 radical (unpaired) electrons. The van der Waals surface area contributed by atoms with Crippen LogP contribution in [0.25, 0.3) is 21.2 Å². The number of hydrogen-bond donors (Lipinski definition) is 2. The third-order valence-electron chi connectivity index (χ3n) is 7.17. The van der Waals surface area contributed by atoms with E-state index in [1.165, 1.54) is 21.2 Å². The van der Waals surface area contributed by atoms with Crippen LogP contribution in [0.2, 0.25) is 0 Å². The zero-order valence-corrected chi connectivity index (χ0v) is 24.6. The van der Waals surface area contributed by atoms with Crippen LogP contribution in [-0.4, -0.2) is 27.2 Å². The normalized spacial score (nSPS) is 16.6. The first-order valence-corrected chi connectivity index (χ1v) is 15.9. The van der Waals surface area contributed by atoms with Gasteiger partial charge in [-0.2, -0.15) is 15.9 Å². The van der Waals surface area contributed by atoms with Crippen LogP contribution in [-0.2, 0) is 6.61 Å². The maximum absolute atomic E-state index is 9.75. The van der Waals surface area contributed by atoms with Crippen LogP contribution < -0.4 is 9.47 Å². The number of benzene rings is 3. The third kappa shape index (κ3) is 6.30. The molecular formula is C33H33NO4S2. The summed E-state index contributed by atoms with van der Waals surface area (Å²) in [6.45, 7) is 6.85. The molecule has 2 N–H and O–H groups in total. The van der Waals surface area contributed by atoms with Crippen LogP contribution in [0.4, 0.5) is 0 Å². The molecule has 1 aliphatic rings. The number of ether oxygens (including phenoxy) is 2. The van der Waals surface area contributed by atoms with Gasteiger partial charge in [0.25, 0.3) is 0 Å². The Labute approximate surface area is 241 Å². The lowest BCUT2D eigenvalue weighted by Crippen LogP contribution is -2.47. The Bertz CT molecular complexity index is 1610. The van der Waals surface area contributed by atoms with E-state index < -0.39 is 10.6 Å². The van der Waals surface area contributed by atoms with Gasteiger partial charge in [-0.1, -0.05) is 37.1 Å². The second kappa shape index (κ2) is 11.6. The first-order valence-electron chi connectivity index (χ1n) is 13.2. The number of rotatable bonds is 9. The van der Waals surface area contributed by atoms with Gasteiger partial charge >= 0.3 is 0 Å². The molecule has 1 aromatic heterocycles. The lowest BCUT2D eigenvalue weighted by molar-refractivity contribution is 0.178. The molecule has 5 nitrogen and oxygen atoms in total. The molecule has 1 saturated heterocycles. The number of aryl methyl sites for hydroxylation is 1. The van der Waals surface area contributed by atoms with Gasteiger partial charge in [-0.25, -0.2) is 0 Å². The van der Waals surface area contributed by atoms with Crippen molar-refractivity contribution in [3.8, 4) is 40.5 Å². The minimum Gasteiger partial charge on any atom is -0.493 e. The second-order valence-corrected chi connectivity index (χ2v) is 13.9. The molecule has 0 bridgehead atoms. The minimum absolute atomic E-state index is 0.0812. The number of nitrogens with zero attached hydrogens (tertiary/aromatic N) is 1. The minimum atomic E-state index is -2.39. The van der Waals surface area contributed by atoms with Crippen LogP contribution in [0.1, 0.15) is 42.9 Å². The largest absolute Gasteiger partial charge is 0.493 e. The molecule has 40 heavy (non-hydrogen) atoms. The summed E-state index contributed by atoms with van der Waals surface area (Å²) in [7, 11) is -2.39. The van der Waals surface area contributed by atoms with E-state index in [-0.39, 0.29) is 11.3 Å². The predicted molar refractivity (Wildman–Crippen MR) is 165 cm³/mol. The van der Waals surface area contributed by atoms with Crippen molar-refractivity contribution in [2.75, 3.05) is 18.1 Å². The zero-order valence-electron chi connectivity index (χ0n) is 22.9. The fourth-order valence-corrected chi connectivity index (χ4v) is 8.55. The Morgan fingerprint density at radius 3 is 2.42 bits per heavy atom. The van der Waals surface area contributed by atoms with Gasteiger partial charge in [-0.05, 0) is 77.9 Å². The summed E-state index contributed by atoms with van der Waals surface area (Å²) < 4.78 is 32.9. The van der Waals surface area contributed by atoms with E-state index in [0.717, 1.165) is 28.2 Å². The van der Waals surface area contributed by atoms with Gasteiger partial charge < -0.3 is 9.47 Å². The Morgan fingerprint density at radius 2 is 1.75 bits per heavy atom. The van der Waals surface area contributed by atoms with Crippen molar-refractivity contribution in [2.45, 2.75) is 39.7 Å². The predicted octanol–water partition coefficient (Wildman–Crippen LogP) is 8.63. The van der Waals surface area contributed by atoms with Crippen molar-refractivity contribution in [1.29, 1.82) is 5.26 Å². The van der Waals surface area contributed by atoms with E-state index >= 15 is 0 Å². The number of thiophene rings is 1. The van der Waals surface area contributed by atoms with Crippen molar-refractivity contribution >= 4 is 32.0 Å². The van der Waals surface area contributed by atoms with Crippen LogP contribution in [0.15, 0.2) is 66.0 Å². The van der Waals surface area contributed by atoms with Gasteiger partial charge in [0.15, 0.2) is 0 Å². The molecule has 4 aromatic rings. The molecule has 7 heteroatoms. The van der Waals surface area contributed by atoms with Gasteiger partial charge in [-0.3, -0.25) is 9.11 Å². The highest BCUT2D eigenvalue weighted by Gasteiger charge is 2.45. The highest BCUT2D eigenvalue weighted by atomic mass is 32.3. The standard InChI is InChI=1S/C33H33NO4S2/c1-4-5-25(14-15-34)26-7-9-27(10-8-26)37-18-24-6-13-32-30(17-24)31(19-39-32)29-12-11-28(16-23(29)2)38-20-33(3)21-40(35,36)22-33/h6-13,16-17,19,25,35-36H,14,18,20-22H2,1-3H3/t25-/m0/s1. The molecule has 206 valence electrons. The SMILES string of the molecule is CC#C[C@@H](CC#N)c1ccc(OCc2ccc3scc(-c4ccc(OCC5(C)CS(O)(O)C5)cc4C)c3c2)cc1. The summed E-state index contributed by atoms with van der Waals surface area (Å²) in [6.07, 6.45) is 0.370. The van der Waals surface area contributed by atoms with E-state index in [9.17, 15) is 9.11 Å². The molecule has 1 aliphatic heterocycles. The van der Waals surface area contributed by atoms with Gasteiger partial charge in [0.1, 0.15) is 18.1 Å². The monoisotopic (exact) mass is 571 g/mol. The van der Waals surface area contributed by atoms with Gasteiger partial charge in [0.05, 0.1) is 25.0 Å². The quantitative estimate of drug-likeness (QED) is 0.197. The van der Waals surface area contributed by atoms with Crippen LogP contribution >= 0.6 is 21.9 Å². The molecule has 1 fully saturated rings. The van der Waals surface area contributed by atoms with Crippen LogP contribution in [0, 0.1) is 35.5 Å². The second-order valence-electron chi connectivity index (χ2n) is 10.8. The highest BCUT2D eigenvalue weighted by molar-refractivity contribution is 8.25. The van der Waals surface area contributed by atoms with Crippen molar-refractivity contribution in [3.63, 3.8) is 0 Å². The molecule has 0 spiro atoms. The average molecular weight is 572 g/mol. The summed E-state index contributed by atoms with van der Waals surface area (Å²) >= 11 is 1.73. The third-order valence-corrected chi connectivity index (χ3v) is 10.5. The summed E-state index contributed by atoms with van der Waals surface area (Å²) in [6, 6.07) is 22.7. The smallest absolute Gasteiger partial charge is 0.119 e. The first kappa shape index (κ1) is 28.1. The molecule has 0 aliphatic carbocycles. The molecule has 1 atom stereocenters. The molecular weight excluding hydrogens is 539 g/mol. The van der Waals surface area contributed by atoms with Crippen molar-refractivity contribution in [3.05, 3.63) is 82.7 Å². The summed E-state index contributed by atoms with van der Waals surface area (Å²) in [5.74, 6) is 8.33. The van der Waals surface area contributed by atoms with E-state index in [1.54, 1.807) is 18.3 Å². The molecule has 0 unspecified atom stereocenters. The number of hydrogen-bond acceptors (Lipinski definition) is 6. The Morgan fingerprint density at radius 1 is 1.00 bits per heavy atom. The Hall–Kier alpha value is -3.46. The topological polar surface area (TPSA) is 82.7 Å². The number of nitriles is 1. The lowest BCUT2D eigenvalue weighted by Gasteiger charge is -2.53.